The number of nitrogens with zero attached hydrogens (tertiary/aromatic N) is 3. The molecule has 1 amide bonds. The molecule has 6 nitrogen and oxygen atoms in total. The number of aromatic nitrogens is 3. The molecule has 0 atom stereocenters. The molecule has 32 heavy (non-hydrogen) atoms. The molecular weight excluding hydrogens is 421 g/mol. The molecule has 0 bridgehead atoms. The van der Waals surface area contributed by atoms with Crippen LogP contribution in [-0.2, 0) is 13.6 Å². The summed E-state index contributed by atoms with van der Waals surface area (Å²) >= 11 is 0. The first-order chi connectivity index (χ1) is 15.4. The second-order valence-electron chi connectivity index (χ2n) is 6.94. The van der Waals surface area contributed by atoms with Crippen LogP contribution < -0.4 is 10.1 Å². The van der Waals surface area contributed by atoms with Crippen LogP contribution in [0.25, 0.3) is 11.3 Å². The highest BCUT2D eigenvalue weighted by Gasteiger charge is 2.20. The summed E-state index contributed by atoms with van der Waals surface area (Å²) in [7, 11) is 1.60. The summed E-state index contributed by atoms with van der Waals surface area (Å²) in [5.41, 5.74) is 0.970. The molecule has 0 fully saturated rings. The maximum atomic E-state index is 14.2. The summed E-state index contributed by atoms with van der Waals surface area (Å²) in [6.45, 7) is 0.145. The van der Waals surface area contributed by atoms with Gasteiger partial charge in [-0.3, -0.25) is 9.48 Å². The number of pyridine rings is 1. The molecule has 0 unspecified atom stereocenters. The predicted molar refractivity (Wildman–Crippen MR) is 110 cm³/mol. The van der Waals surface area contributed by atoms with Gasteiger partial charge in [0.15, 0.2) is 0 Å². The van der Waals surface area contributed by atoms with Gasteiger partial charge in [0.2, 0.25) is 5.88 Å². The van der Waals surface area contributed by atoms with Crippen molar-refractivity contribution in [3.8, 4) is 22.9 Å². The SMILES string of the molecule is Cn1cc(C(=O)NCc2ccc(Oc3cccc(F)c3)nc2)c(-c2ccc(F)cc2F)n1. The number of amides is 1. The Bertz CT molecular complexity index is 1270. The summed E-state index contributed by atoms with van der Waals surface area (Å²) in [5, 5.41) is 6.87. The minimum Gasteiger partial charge on any atom is -0.439 e. The van der Waals surface area contributed by atoms with Gasteiger partial charge in [0.25, 0.3) is 5.91 Å². The van der Waals surface area contributed by atoms with E-state index in [9.17, 15) is 18.0 Å². The van der Waals surface area contributed by atoms with Crippen molar-refractivity contribution in [1.82, 2.24) is 20.1 Å². The van der Waals surface area contributed by atoms with E-state index in [4.69, 9.17) is 4.74 Å². The van der Waals surface area contributed by atoms with E-state index in [2.05, 4.69) is 15.4 Å². The van der Waals surface area contributed by atoms with E-state index >= 15 is 0 Å². The highest BCUT2D eigenvalue weighted by Crippen LogP contribution is 2.25. The first kappa shape index (κ1) is 21.1. The minimum atomic E-state index is -0.809. The molecule has 4 rings (SSSR count). The van der Waals surface area contributed by atoms with Gasteiger partial charge in [0, 0.05) is 49.7 Å². The van der Waals surface area contributed by atoms with Gasteiger partial charge in [0.1, 0.15) is 28.9 Å². The lowest BCUT2D eigenvalue weighted by atomic mass is 10.1. The normalized spacial score (nSPS) is 10.8. The molecule has 0 aliphatic heterocycles. The number of halogens is 3. The van der Waals surface area contributed by atoms with Gasteiger partial charge in [0.05, 0.1) is 5.56 Å². The van der Waals surface area contributed by atoms with Gasteiger partial charge in [-0.1, -0.05) is 12.1 Å². The van der Waals surface area contributed by atoms with E-state index in [1.54, 1.807) is 25.2 Å². The van der Waals surface area contributed by atoms with E-state index in [1.165, 1.54) is 41.3 Å². The number of aryl methyl sites for hydroxylation is 1. The highest BCUT2D eigenvalue weighted by atomic mass is 19.1. The van der Waals surface area contributed by atoms with Crippen LogP contribution >= 0.6 is 0 Å². The third-order valence-electron chi connectivity index (χ3n) is 4.53. The number of carbonyl (C=O) groups is 1. The van der Waals surface area contributed by atoms with Crippen LogP contribution in [0.5, 0.6) is 11.6 Å². The number of hydrogen-bond donors (Lipinski definition) is 1. The zero-order chi connectivity index (χ0) is 22.7. The Balaban J connectivity index is 1.44. The Morgan fingerprint density at radius 1 is 1.06 bits per heavy atom. The number of hydrogen-bond acceptors (Lipinski definition) is 4. The molecule has 1 N–H and O–H groups in total. The van der Waals surface area contributed by atoms with Crippen LogP contribution in [0.2, 0.25) is 0 Å². The molecule has 2 aromatic carbocycles. The molecule has 2 heterocycles. The van der Waals surface area contributed by atoms with Crippen molar-refractivity contribution in [2.75, 3.05) is 0 Å². The summed E-state index contributed by atoms with van der Waals surface area (Å²) in [5.74, 6) is -1.84. The van der Waals surface area contributed by atoms with Crippen molar-refractivity contribution in [3.63, 3.8) is 0 Å². The second-order valence-corrected chi connectivity index (χ2v) is 6.94. The lowest BCUT2D eigenvalue weighted by molar-refractivity contribution is 0.0951. The zero-order valence-corrected chi connectivity index (χ0v) is 16.8. The number of ether oxygens (including phenoxy) is 1. The Morgan fingerprint density at radius 3 is 2.59 bits per heavy atom. The maximum absolute atomic E-state index is 14.2. The molecule has 0 saturated carbocycles. The van der Waals surface area contributed by atoms with E-state index in [-0.39, 0.29) is 29.2 Å². The maximum Gasteiger partial charge on any atom is 0.255 e. The van der Waals surface area contributed by atoms with Crippen molar-refractivity contribution in [3.05, 3.63) is 95.6 Å². The smallest absolute Gasteiger partial charge is 0.255 e. The summed E-state index contributed by atoms with van der Waals surface area (Å²) in [6.07, 6.45) is 2.97. The van der Waals surface area contributed by atoms with Crippen molar-refractivity contribution < 1.29 is 22.7 Å². The van der Waals surface area contributed by atoms with E-state index in [1.807, 2.05) is 0 Å². The van der Waals surface area contributed by atoms with E-state index < -0.39 is 23.4 Å². The topological polar surface area (TPSA) is 69.0 Å². The number of nitrogens with one attached hydrogen (secondary N) is 1. The number of carbonyl (C=O) groups excluding carboxylic acids is 1. The fourth-order valence-electron chi connectivity index (χ4n) is 3.04. The molecule has 0 aliphatic rings. The summed E-state index contributed by atoms with van der Waals surface area (Å²) in [4.78, 5) is 16.8. The van der Waals surface area contributed by atoms with Crippen molar-refractivity contribution >= 4 is 5.91 Å². The van der Waals surface area contributed by atoms with Crippen LogP contribution in [0.15, 0.2) is 67.0 Å². The monoisotopic (exact) mass is 438 g/mol. The predicted octanol–water partition coefficient (Wildman–Crippen LogP) is 4.62. The molecule has 4 aromatic rings. The van der Waals surface area contributed by atoms with Gasteiger partial charge < -0.3 is 10.1 Å². The summed E-state index contributed by atoms with van der Waals surface area (Å²) in [6, 6.07) is 12.1. The van der Waals surface area contributed by atoms with Crippen LogP contribution in [-0.4, -0.2) is 20.7 Å². The van der Waals surface area contributed by atoms with E-state index in [0.717, 1.165) is 12.1 Å². The Morgan fingerprint density at radius 2 is 1.88 bits per heavy atom. The van der Waals surface area contributed by atoms with Gasteiger partial charge in [-0.05, 0) is 29.8 Å². The Kier molecular flexibility index (Phi) is 5.89. The molecule has 9 heteroatoms. The average Bonchev–Trinajstić information content (AvgIpc) is 3.14. The molecule has 162 valence electrons. The van der Waals surface area contributed by atoms with Crippen LogP contribution in [0.1, 0.15) is 15.9 Å². The molecular formula is C23H17F3N4O2. The molecule has 2 aromatic heterocycles. The first-order valence-corrected chi connectivity index (χ1v) is 9.54. The van der Waals surface area contributed by atoms with Gasteiger partial charge >= 0.3 is 0 Å². The number of rotatable bonds is 6. The van der Waals surface area contributed by atoms with Gasteiger partial charge in [-0.2, -0.15) is 5.10 Å². The van der Waals surface area contributed by atoms with Crippen LogP contribution in [0.3, 0.4) is 0 Å². The quantitative estimate of drug-likeness (QED) is 0.477. The van der Waals surface area contributed by atoms with Gasteiger partial charge in [-0.25, -0.2) is 18.2 Å². The molecule has 0 aliphatic carbocycles. The zero-order valence-electron chi connectivity index (χ0n) is 16.8. The fourth-order valence-corrected chi connectivity index (χ4v) is 3.04. The molecule has 0 saturated heterocycles. The van der Waals surface area contributed by atoms with Gasteiger partial charge in [-0.15, -0.1) is 0 Å². The Labute approximate surface area is 181 Å². The van der Waals surface area contributed by atoms with Crippen molar-refractivity contribution in [2.45, 2.75) is 6.54 Å². The van der Waals surface area contributed by atoms with E-state index in [0.29, 0.717) is 11.3 Å². The standard InChI is InChI=1S/C23H17F3N4O2/c1-30-13-19(22(29-30)18-7-6-16(25)10-20(18)26)23(31)28-12-14-5-8-21(27-11-14)32-17-4-2-3-15(24)9-17/h2-11,13H,12H2,1H3,(H,28,31). The minimum absolute atomic E-state index is 0.0256. The highest BCUT2D eigenvalue weighted by molar-refractivity contribution is 5.99. The average molecular weight is 438 g/mol. The van der Waals surface area contributed by atoms with Crippen molar-refractivity contribution in [1.29, 1.82) is 0 Å². The number of benzene rings is 2. The van der Waals surface area contributed by atoms with Crippen molar-refractivity contribution in [2.24, 2.45) is 7.05 Å². The summed E-state index contributed by atoms with van der Waals surface area (Å²) < 4.78 is 47.5. The first-order valence-electron chi connectivity index (χ1n) is 9.54. The third-order valence-corrected chi connectivity index (χ3v) is 4.53. The molecule has 0 radical (unpaired) electrons. The van der Waals surface area contributed by atoms with Crippen LogP contribution in [0, 0.1) is 17.5 Å². The second kappa shape index (κ2) is 8.93. The third kappa shape index (κ3) is 4.77. The lowest BCUT2D eigenvalue weighted by Crippen LogP contribution is -2.23. The Hall–Kier alpha value is -4.14. The fraction of sp³-hybridized carbons (Fsp3) is 0.0870. The molecule has 0 spiro atoms. The largest absolute Gasteiger partial charge is 0.439 e. The van der Waals surface area contributed by atoms with Crippen LogP contribution in [0.4, 0.5) is 13.2 Å². The lowest BCUT2D eigenvalue weighted by Gasteiger charge is -2.08.